The molecule has 9 nitrogen and oxygen atoms in total. The van der Waals surface area contributed by atoms with Crippen LogP contribution in [0.5, 0.6) is 5.88 Å². The molecule has 0 bridgehead atoms. The summed E-state index contributed by atoms with van der Waals surface area (Å²) in [5.74, 6) is 1.01. The van der Waals surface area contributed by atoms with Gasteiger partial charge in [-0.15, -0.1) is 0 Å². The van der Waals surface area contributed by atoms with E-state index >= 15 is 0 Å². The summed E-state index contributed by atoms with van der Waals surface area (Å²) in [6.45, 7) is 7.13. The van der Waals surface area contributed by atoms with Crippen LogP contribution in [0.25, 0.3) is 16.9 Å². The SMILES string of the molecule is Cc1cnc(C(C)(C)O)nc1-c1cccc(-n2c(C)nc(OCc3ccn(C)n3)c(Br)c2=O)c1. The molecule has 0 fully saturated rings. The van der Waals surface area contributed by atoms with E-state index in [2.05, 4.69) is 36.0 Å². The highest BCUT2D eigenvalue weighted by molar-refractivity contribution is 9.10. The molecule has 1 aromatic carbocycles. The molecule has 0 aliphatic carbocycles. The first-order valence-electron chi connectivity index (χ1n) is 10.6. The monoisotopic (exact) mass is 524 g/mol. The molecule has 0 aliphatic heterocycles. The van der Waals surface area contributed by atoms with E-state index in [1.807, 2.05) is 50.5 Å². The van der Waals surface area contributed by atoms with Crippen molar-refractivity contribution in [1.29, 1.82) is 0 Å². The molecule has 0 unspecified atom stereocenters. The quantitative estimate of drug-likeness (QED) is 0.410. The molecule has 10 heteroatoms. The van der Waals surface area contributed by atoms with Crippen LogP contribution in [0, 0.1) is 13.8 Å². The number of benzene rings is 1. The van der Waals surface area contributed by atoms with Gasteiger partial charge in [0.05, 0.1) is 17.1 Å². The Morgan fingerprint density at radius 3 is 2.62 bits per heavy atom. The third-order valence-electron chi connectivity index (χ3n) is 5.19. The Balaban J connectivity index is 1.72. The summed E-state index contributed by atoms with van der Waals surface area (Å²) in [6, 6.07) is 9.28. The lowest BCUT2D eigenvalue weighted by Crippen LogP contribution is -2.24. The zero-order chi connectivity index (χ0) is 24.6. The van der Waals surface area contributed by atoms with Gasteiger partial charge >= 0.3 is 0 Å². The van der Waals surface area contributed by atoms with E-state index in [1.165, 1.54) is 4.57 Å². The van der Waals surface area contributed by atoms with Crippen molar-refractivity contribution in [2.24, 2.45) is 7.05 Å². The van der Waals surface area contributed by atoms with Gasteiger partial charge in [0.1, 0.15) is 22.5 Å². The fourth-order valence-corrected chi connectivity index (χ4v) is 3.87. The first-order valence-corrected chi connectivity index (χ1v) is 11.4. The van der Waals surface area contributed by atoms with E-state index in [0.717, 1.165) is 16.8 Å². The lowest BCUT2D eigenvalue weighted by Gasteiger charge is -2.18. The maximum absolute atomic E-state index is 13.2. The number of rotatable bonds is 6. The molecule has 4 aromatic rings. The van der Waals surface area contributed by atoms with E-state index in [0.29, 0.717) is 23.0 Å². The Labute approximate surface area is 205 Å². The minimum Gasteiger partial charge on any atom is -0.470 e. The summed E-state index contributed by atoms with van der Waals surface area (Å²) in [7, 11) is 1.82. The number of aryl methyl sites for hydroxylation is 3. The van der Waals surface area contributed by atoms with Crippen LogP contribution >= 0.6 is 15.9 Å². The molecule has 0 saturated carbocycles. The number of aromatic nitrogens is 6. The molecule has 176 valence electrons. The molecule has 0 aliphatic rings. The second kappa shape index (κ2) is 9.11. The van der Waals surface area contributed by atoms with Crippen LogP contribution in [-0.4, -0.2) is 34.4 Å². The molecule has 3 heterocycles. The minimum atomic E-state index is -1.17. The summed E-state index contributed by atoms with van der Waals surface area (Å²) in [4.78, 5) is 26.6. The van der Waals surface area contributed by atoms with E-state index in [4.69, 9.17) is 4.74 Å². The van der Waals surface area contributed by atoms with Crippen molar-refractivity contribution in [3.63, 3.8) is 0 Å². The summed E-state index contributed by atoms with van der Waals surface area (Å²) in [5.41, 5.74) is 2.23. The lowest BCUT2D eigenvalue weighted by atomic mass is 10.0. The molecule has 0 amide bonds. The van der Waals surface area contributed by atoms with Gasteiger partial charge in [0.2, 0.25) is 5.88 Å². The lowest BCUT2D eigenvalue weighted by molar-refractivity contribution is 0.0688. The van der Waals surface area contributed by atoms with Crippen molar-refractivity contribution in [3.8, 4) is 22.8 Å². The van der Waals surface area contributed by atoms with Crippen molar-refractivity contribution in [2.75, 3.05) is 0 Å². The zero-order valence-corrected chi connectivity index (χ0v) is 21.2. The molecular formula is C24H25BrN6O3. The number of hydrogen-bond acceptors (Lipinski definition) is 7. The highest BCUT2D eigenvalue weighted by Gasteiger charge is 2.21. The molecular weight excluding hydrogens is 500 g/mol. The highest BCUT2D eigenvalue weighted by atomic mass is 79.9. The van der Waals surface area contributed by atoms with E-state index in [1.54, 1.807) is 31.6 Å². The van der Waals surface area contributed by atoms with Crippen LogP contribution in [0.3, 0.4) is 0 Å². The van der Waals surface area contributed by atoms with Crippen LogP contribution in [0.15, 0.2) is 52.0 Å². The predicted octanol–water partition coefficient (Wildman–Crippen LogP) is 3.61. The molecule has 3 aromatic heterocycles. The number of hydrogen-bond donors (Lipinski definition) is 1. The third kappa shape index (κ3) is 4.78. The molecule has 0 radical (unpaired) electrons. The normalized spacial score (nSPS) is 11.6. The molecule has 4 rings (SSSR count). The van der Waals surface area contributed by atoms with Gasteiger partial charge in [0, 0.05) is 25.0 Å². The fourth-order valence-electron chi connectivity index (χ4n) is 3.49. The van der Waals surface area contributed by atoms with E-state index in [9.17, 15) is 9.90 Å². The highest BCUT2D eigenvalue weighted by Crippen LogP contribution is 2.27. The maximum Gasteiger partial charge on any atom is 0.276 e. The van der Waals surface area contributed by atoms with Crippen molar-refractivity contribution in [1.82, 2.24) is 29.3 Å². The second-order valence-corrected chi connectivity index (χ2v) is 9.32. The van der Waals surface area contributed by atoms with Crippen molar-refractivity contribution < 1.29 is 9.84 Å². The number of ether oxygens (including phenoxy) is 1. The average Bonchev–Trinajstić information content (AvgIpc) is 3.20. The maximum atomic E-state index is 13.2. The standard InChI is InChI=1S/C24H25BrN6O3/c1-14-12-26-23(24(3,4)33)28-20(14)16-7-6-8-18(11-16)31-15(2)27-21(19(25)22(31)32)34-13-17-9-10-30(5)29-17/h6-12,33H,13H2,1-5H3. The summed E-state index contributed by atoms with van der Waals surface area (Å²) in [6.07, 6.45) is 3.51. The van der Waals surface area contributed by atoms with Gasteiger partial charge in [-0.25, -0.2) is 9.97 Å². The van der Waals surface area contributed by atoms with Gasteiger partial charge in [-0.2, -0.15) is 10.1 Å². The van der Waals surface area contributed by atoms with Crippen LogP contribution in [0.2, 0.25) is 0 Å². The first kappa shape index (κ1) is 23.8. The van der Waals surface area contributed by atoms with Gasteiger partial charge in [-0.3, -0.25) is 14.0 Å². The van der Waals surface area contributed by atoms with Crippen molar-refractivity contribution >= 4 is 15.9 Å². The first-order chi connectivity index (χ1) is 16.0. The van der Waals surface area contributed by atoms with Crippen molar-refractivity contribution in [3.05, 3.63) is 80.5 Å². The fraction of sp³-hybridized carbons (Fsp3) is 0.292. The third-order valence-corrected chi connectivity index (χ3v) is 5.87. The largest absolute Gasteiger partial charge is 0.470 e. The summed E-state index contributed by atoms with van der Waals surface area (Å²) >= 11 is 3.35. The van der Waals surface area contributed by atoms with E-state index in [-0.39, 0.29) is 22.5 Å². The number of aliphatic hydroxyl groups is 1. The number of halogens is 1. The Hall–Kier alpha value is -3.37. The smallest absolute Gasteiger partial charge is 0.276 e. The zero-order valence-electron chi connectivity index (χ0n) is 19.6. The van der Waals surface area contributed by atoms with Crippen LogP contribution in [0.1, 0.15) is 36.8 Å². The van der Waals surface area contributed by atoms with Gasteiger partial charge < -0.3 is 9.84 Å². The Morgan fingerprint density at radius 1 is 1.18 bits per heavy atom. The van der Waals surface area contributed by atoms with Gasteiger partial charge in [-0.05, 0) is 67.4 Å². The minimum absolute atomic E-state index is 0.196. The van der Waals surface area contributed by atoms with E-state index < -0.39 is 5.60 Å². The molecule has 0 atom stereocenters. The molecule has 0 saturated heterocycles. The summed E-state index contributed by atoms with van der Waals surface area (Å²) in [5, 5.41) is 14.6. The van der Waals surface area contributed by atoms with Gasteiger partial charge in [0.15, 0.2) is 5.82 Å². The van der Waals surface area contributed by atoms with Gasteiger partial charge in [0.25, 0.3) is 5.56 Å². The Bertz CT molecular complexity index is 1420. The van der Waals surface area contributed by atoms with Crippen LogP contribution in [-0.2, 0) is 19.3 Å². The van der Waals surface area contributed by atoms with Crippen LogP contribution in [0.4, 0.5) is 0 Å². The topological polar surface area (TPSA) is 108 Å². The van der Waals surface area contributed by atoms with Crippen molar-refractivity contribution in [2.45, 2.75) is 39.9 Å². The number of nitrogens with zero attached hydrogens (tertiary/aromatic N) is 6. The predicted molar refractivity (Wildman–Crippen MR) is 131 cm³/mol. The molecule has 1 N–H and O–H groups in total. The Kier molecular flexibility index (Phi) is 6.37. The molecule has 0 spiro atoms. The molecule has 34 heavy (non-hydrogen) atoms. The van der Waals surface area contributed by atoms with Crippen LogP contribution < -0.4 is 10.3 Å². The summed E-state index contributed by atoms with van der Waals surface area (Å²) < 4.78 is 9.17. The Morgan fingerprint density at radius 2 is 1.94 bits per heavy atom. The second-order valence-electron chi connectivity index (χ2n) is 8.52. The van der Waals surface area contributed by atoms with Gasteiger partial charge in [-0.1, -0.05) is 12.1 Å². The average molecular weight is 525 g/mol.